The van der Waals surface area contributed by atoms with Crippen LogP contribution in [0.2, 0.25) is 0 Å². The highest BCUT2D eigenvalue weighted by Crippen LogP contribution is 2.18. The topological polar surface area (TPSA) is 72.2 Å². The van der Waals surface area contributed by atoms with Crippen molar-refractivity contribution in [3.63, 3.8) is 0 Å². The summed E-state index contributed by atoms with van der Waals surface area (Å²) in [5, 5.41) is 1.88. The van der Waals surface area contributed by atoms with E-state index in [1.54, 1.807) is 0 Å². The Morgan fingerprint density at radius 3 is 2.58 bits per heavy atom. The minimum atomic E-state index is -1.74. The van der Waals surface area contributed by atoms with Crippen LogP contribution in [0.25, 0.3) is 0 Å². The molecule has 0 aliphatic carbocycles. The maximum Gasteiger partial charge on any atom is 0.235 e. The molecule has 0 saturated heterocycles. The summed E-state index contributed by atoms with van der Waals surface area (Å²) in [5.74, 6) is -0.692. The molecule has 6 heteroatoms. The first-order valence-electron chi connectivity index (χ1n) is 6.06. The Hall–Kier alpha value is -1.43. The van der Waals surface area contributed by atoms with Gasteiger partial charge in [-0.3, -0.25) is 9.00 Å². The molecule has 0 saturated carbocycles. The molecule has 2 unspecified atom stereocenters. The van der Waals surface area contributed by atoms with Crippen molar-refractivity contribution in [1.82, 2.24) is 5.32 Å². The van der Waals surface area contributed by atoms with Gasteiger partial charge in [0.15, 0.2) is 0 Å². The number of nitrogens with two attached hydrogens (primary N) is 1. The Balaban J connectivity index is 2.79. The van der Waals surface area contributed by atoms with Crippen LogP contribution in [-0.2, 0) is 15.6 Å². The number of nitrogens with one attached hydrogen (secondary N) is 1. The summed E-state index contributed by atoms with van der Waals surface area (Å²) in [7, 11) is -1.74. The van der Waals surface area contributed by atoms with E-state index in [1.165, 1.54) is 19.1 Å². The van der Waals surface area contributed by atoms with Gasteiger partial charge in [-0.2, -0.15) is 0 Å². The average Bonchev–Trinajstić information content (AvgIpc) is 2.34. The monoisotopic (exact) mass is 286 g/mol. The number of hydrogen-bond donors (Lipinski definition) is 2. The van der Waals surface area contributed by atoms with E-state index in [1.807, 2.05) is 13.8 Å². The van der Waals surface area contributed by atoms with Crippen molar-refractivity contribution in [2.45, 2.75) is 30.9 Å². The molecular formula is C13H19FN2O2S. The summed E-state index contributed by atoms with van der Waals surface area (Å²) in [4.78, 5) is 11.8. The van der Waals surface area contributed by atoms with E-state index in [0.717, 1.165) is 6.07 Å². The Morgan fingerprint density at radius 2 is 2.05 bits per heavy atom. The third-order valence-electron chi connectivity index (χ3n) is 2.55. The molecule has 106 valence electrons. The van der Waals surface area contributed by atoms with Gasteiger partial charge < -0.3 is 11.1 Å². The SMILES string of the molecule is CC(C)CNC(=O)C(C)S(=O)c1ccc(N)cc1F. The summed E-state index contributed by atoms with van der Waals surface area (Å²) in [6, 6.07) is 3.92. The number of halogens is 1. The molecular weight excluding hydrogens is 267 g/mol. The summed E-state index contributed by atoms with van der Waals surface area (Å²) in [5.41, 5.74) is 5.69. The number of rotatable bonds is 5. The molecule has 0 aromatic heterocycles. The molecule has 1 aromatic carbocycles. The predicted octanol–water partition coefficient (Wildman–Crippen LogP) is 1.68. The molecule has 0 radical (unpaired) electrons. The fourth-order valence-corrected chi connectivity index (χ4v) is 2.53. The van der Waals surface area contributed by atoms with Crippen LogP contribution in [0.15, 0.2) is 23.1 Å². The Labute approximate surface area is 115 Å². The Bertz CT molecular complexity index is 492. The highest BCUT2D eigenvalue weighted by molar-refractivity contribution is 7.86. The minimum Gasteiger partial charge on any atom is -0.399 e. The molecule has 0 aliphatic heterocycles. The molecule has 0 bridgehead atoms. The second-order valence-corrected chi connectivity index (χ2v) is 6.51. The summed E-state index contributed by atoms with van der Waals surface area (Å²) >= 11 is 0. The van der Waals surface area contributed by atoms with Crippen LogP contribution in [-0.4, -0.2) is 21.9 Å². The normalized spacial score (nSPS) is 14.2. The van der Waals surface area contributed by atoms with Crippen LogP contribution in [0.5, 0.6) is 0 Å². The second-order valence-electron chi connectivity index (χ2n) is 4.77. The minimum absolute atomic E-state index is 0.00129. The van der Waals surface area contributed by atoms with Gasteiger partial charge in [-0.05, 0) is 31.0 Å². The molecule has 2 atom stereocenters. The molecule has 1 amide bonds. The lowest BCUT2D eigenvalue weighted by molar-refractivity contribution is -0.120. The van der Waals surface area contributed by atoms with Gasteiger partial charge in [0.1, 0.15) is 11.1 Å². The standard InChI is InChI=1S/C13H19FN2O2S/c1-8(2)7-16-13(17)9(3)19(18)12-5-4-10(15)6-11(12)14/h4-6,8-9H,7,15H2,1-3H3,(H,16,17). The zero-order valence-electron chi connectivity index (χ0n) is 11.3. The molecule has 0 spiro atoms. The van der Waals surface area contributed by atoms with Crippen molar-refractivity contribution >= 4 is 22.4 Å². The Morgan fingerprint density at radius 1 is 1.42 bits per heavy atom. The van der Waals surface area contributed by atoms with Crippen molar-refractivity contribution in [3.8, 4) is 0 Å². The lowest BCUT2D eigenvalue weighted by atomic mass is 10.2. The lowest BCUT2D eigenvalue weighted by Gasteiger charge is -2.14. The van der Waals surface area contributed by atoms with Gasteiger partial charge in [0.25, 0.3) is 0 Å². The van der Waals surface area contributed by atoms with Crippen LogP contribution < -0.4 is 11.1 Å². The number of amides is 1. The number of nitrogen functional groups attached to an aromatic ring is 1. The zero-order valence-corrected chi connectivity index (χ0v) is 12.1. The van der Waals surface area contributed by atoms with Crippen molar-refractivity contribution in [1.29, 1.82) is 0 Å². The average molecular weight is 286 g/mol. The van der Waals surface area contributed by atoms with Crippen molar-refractivity contribution in [2.24, 2.45) is 5.92 Å². The summed E-state index contributed by atoms with van der Waals surface area (Å²) in [6.45, 7) is 5.94. The first-order valence-corrected chi connectivity index (χ1v) is 7.27. The van der Waals surface area contributed by atoms with Gasteiger partial charge >= 0.3 is 0 Å². The maximum atomic E-state index is 13.6. The van der Waals surface area contributed by atoms with Gasteiger partial charge in [-0.15, -0.1) is 0 Å². The van der Waals surface area contributed by atoms with Crippen molar-refractivity contribution in [2.75, 3.05) is 12.3 Å². The first-order chi connectivity index (χ1) is 8.82. The van der Waals surface area contributed by atoms with Crippen LogP contribution >= 0.6 is 0 Å². The highest BCUT2D eigenvalue weighted by Gasteiger charge is 2.23. The number of anilines is 1. The van der Waals surface area contributed by atoms with E-state index in [-0.39, 0.29) is 16.5 Å². The van der Waals surface area contributed by atoms with Crippen LogP contribution in [0.1, 0.15) is 20.8 Å². The summed E-state index contributed by atoms with van der Waals surface area (Å²) < 4.78 is 25.8. The van der Waals surface area contributed by atoms with Crippen LogP contribution in [0, 0.1) is 11.7 Å². The second kappa shape index (κ2) is 6.65. The zero-order chi connectivity index (χ0) is 14.6. The lowest BCUT2D eigenvalue weighted by Crippen LogP contribution is -2.37. The van der Waals surface area contributed by atoms with E-state index in [9.17, 15) is 13.4 Å². The number of benzene rings is 1. The predicted molar refractivity (Wildman–Crippen MR) is 74.5 cm³/mol. The number of carbonyl (C=O) groups is 1. The van der Waals surface area contributed by atoms with E-state index >= 15 is 0 Å². The van der Waals surface area contributed by atoms with Crippen molar-refractivity contribution < 1.29 is 13.4 Å². The molecule has 1 aromatic rings. The molecule has 3 N–H and O–H groups in total. The number of hydrogen-bond acceptors (Lipinski definition) is 3. The largest absolute Gasteiger partial charge is 0.399 e. The fourth-order valence-electron chi connectivity index (χ4n) is 1.42. The molecule has 19 heavy (non-hydrogen) atoms. The molecule has 0 fully saturated rings. The third kappa shape index (κ3) is 4.31. The Kier molecular flexibility index (Phi) is 5.47. The fraction of sp³-hybridized carbons (Fsp3) is 0.462. The smallest absolute Gasteiger partial charge is 0.235 e. The number of carbonyl (C=O) groups excluding carboxylic acids is 1. The molecule has 0 heterocycles. The van der Waals surface area contributed by atoms with Crippen molar-refractivity contribution in [3.05, 3.63) is 24.0 Å². The molecule has 1 rings (SSSR count). The molecule has 0 aliphatic rings. The van der Waals surface area contributed by atoms with Gasteiger partial charge in [0.05, 0.1) is 15.7 Å². The summed E-state index contributed by atoms with van der Waals surface area (Å²) in [6.07, 6.45) is 0. The molecule has 4 nitrogen and oxygen atoms in total. The van der Waals surface area contributed by atoms with Gasteiger partial charge in [-0.25, -0.2) is 4.39 Å². The van der Waals surface area contributed by atoms with Gasteiger partial charge in [0, 0.05) is 12.2 Å². The van der Waals surface area contributed by atoms with E-state index in [4.69, 9.17) is 5.73 Å². The maximum absolute atomic E-state index is 13.6. The van der Waals surface area contributed by atoms with Crippen LogP contribution in [0.4, 0.5) is 10.1 Å². The van der Waals surface area contributed by atoms with E-state index < -0.39 is 21.9 Å². The first kappa shape index (κ1) is 15.6. The van der Waals surface area contributed by atoms with E-state index in [0.29, 0.717) is 12.5 Å². The van der Waals surface area contributed by atoms with E-state index in [2.05, 4.69) is 5.32 Å². The van der Waals surface area contributed by atoms with Gasteiger partial charge in [-0.1, -0.05) is 13.8 Å². The van der Waals surface area contributed by atoms with Crippen LogP contribution in [0.3, 0.4) is 0 Å². The third-order valence-corrected chi connectivity index (χ3v) is 4.17. The van der Waals surface area contributed by atoms with Gasteiger partial charge in [0.2, 0.25) is 5.91 Å². The highest BCUT2D eigenvalue weighted by atomic mass is 32.2. The quantitative estimate of drug-likeness (QED) is 0.809.